The molecule has 0 aromatic heterocycles. The Labute approximate surface area is 113 Å². The number of rotatable bonds is 5. The van der Waals surface area contributed by atoms with Gasteiger partial charge in [-0.15, -0.1) is 0 Å². The van der Waals surface area contributed by atoms with E-state index in [1.165, 1.54) is 7.05 Å². The molecule has 0 bridgehead atoms. The van der Waals surface area contributed by atoms with Gasteiger partial charge in [0, 0.05) is 25.6 Å². The van der Waals surface area contributed by atoms with Gasteiger partial charge < -0.3 is 16.0 Å². The normalized spacial score (nSPS) is 12.5. The van der Waals surface area contributed by atoms with Gasteiger partial charge >= 0.3 is 6.03 Å². The Morgan fingerprint density at radius 3 is 2.21 bits per heavy atom. The number of carbonyl (C=O) groups excluding carboxylic acids is 3. The third-order valence-electron chi connectivity index (χ3n) is 2.17. The summed E-state index contributed by atoms with van der Waals surface area (Å²) in [6, 6.07) is -1.09. The zero-order valence-corrected chi connectivity index (χ0v) is 12.2. The van der Waals surface area contributed by atoms with Crippen molar-refractivity contribution in [3.8, 4) is 0 Å². The molecule has 4 amide bonds. The molecule has 0 rings (SSSR count). The molecule has 19 heavy (non-hydrogen) atoms. The monoisotopic (exact) mass is 272 g/mol. The van der Waals surface area contributed by atoms with Gasteiger partial charge in [0.1, 0.15) is 0 Å². The molecule has 4 N–H and O–H groups in total. The summed E-state index contributed by atoms with van der Waals surface area (Å²) in [7, 11) is 1.43. The number of nitrogens with one attached hydrogen (secondary N) is 4. The molecular weight excluding hydrogens is 248 g/mol. The van der Waals surface area contributed by atoms with Crippen LogP contribution in [0.3, 0.4) is 0 Å². The molecule has 7 nitrogen and oxygen atoms in total. The van der Waals surface area contributed by atoms with E-state index in [4.69, 9.17) is 0 Å². The first kappa shape index (κ1) is 17.4. The van der Waals surface area contributed by atoms with Crippen LogP contribution in [-0.2, 0) is 9.59 Å². The fraction of sp³-hybridized carbons (Fsp3) is 0.750. The largest absolute Gasteiger partial charge is 0.351 e. The third-order valence-corrected chi connectivity index (χ3v) is 2.17. The van der Waals surface area contributed by atoms with Gasteiger partial charge in [0.25, 0.3) is 0 Å². The Morgan fingerprint density at radius 2 is 1.74 bits per heavy atom. The van der Waals surface area contributed by atoms with Crippen molar-refractivity contribution in [1.82, 2.24) is 21.3 Å². The summed E-state index contributed by atoms with van der Waals surface area (Å²) in [5.41, 5.74) is -0.265. The first-order valence-electron chi connectivity index (χ1n) is 6.22. The molecule has 0 spiro atoms. The fourth-order valence-electron chi connectivity index (χ4n) is 1.26. The highest BCUT2D eigenvalue weighted by atomic mass is 16.2. The van der Waals surface area contributed by atoms with Crippen LogP contribution in [0.25, 0.3) is 0 Å². The van der Waals surface area contributed by atoms with Gasteiger partial charge in [0.15, 0.2) is 0 Å². The second kappa shape index (κ2) is 7.73. The maximum atomic E-state index is 11.5. The Kier molecular flexibility index (Phi) is 7.06. The summed E-state index contributed by atoms with van der Waals surface area (Å²) in [4.78, 5) is 33.9. The number of hydrogen-bond donors (Lipinski definition) is 4. The maximum Gasteiger partial charge on any atom is 0.321 e. The van der Waals surface area contributed by atoms with Crippen molar-refractivity contribution in [2.24, 2.45) is 0 Å². The van der Waals surface area contributed by atoms with E-state index in [1.807, 2.05) is 20.8 Å². The Bertz CT molecular complexity index is 336. The first-order valence-corrected chi connectivity index (χ1v) is 6.22. The lowest BCUT2D eigenvalue weighted by Gasteiger charge is -2.20. The van der Waals surface area contributed by atoms with Crippen LogP contribution in [0.5, 0.6) is 0 Å². The second-order valence-electron chi connectivity index (χ2n) is 5.29. The summed E-state index contributed by atoms with van der Waals surface area (Å²) in [6.45, 7) is 7.69. The highest BCUT2D eigenvalue weighted by Crippen LogP contribution is 1.98. The molecule has 0 saturated carbocycles. The minimum Gasteiger partial charge on any atom is -0.351 e. The van der Waals surface area contributed by atoms with E-state index in [-0.39, 0.29) is 17.9 Å². The average molecular weight is 272 g/mol. The molecule has 0 aliphatic rings. The number of amides is 4. The van der Waals surface area contributed by atoms with Crippen LogP contribution in [0, 0.1) is 0 Å². The minimum absolute atomic E-state index is 0.0843. The van der Waals surface area contributed by atoms with Crippen LogP contribution in [0.15, 0.2) is 0 Å². The Balaban J connectivity index is 3.91. The summed E-state index contributed by atoms with van der Waals surface area (Å²) in [5, 5.41) is 10.1. The molecule has 0 aliphatic heterocycles. The highest BCUT2D eigenvalue weighted by Gasteiger charge is 2.16. The lowest BCUT2D eigenvalue weighted by atomic mass is 10.1. The summed E-state index contributed by atoms with van der Waals surface area (Å²) in [5.74, 6) is -0.519. The van der Waals surface area contributed by atoms with Crippen LogP contribution in [-0.4, -0.2) is 43.0 Å². The molecule has 0 radical (unpaired) electrons. The third kappa shape index (κ3) is 9.01. The molecule has 0 saturated heterocycles. The molecule has 1 atom stereocenters. The van der Waals surface area contributed by atoms with Gasteiger partial charge in [0.2, 0.25) is 11.8 Å². The highest BCUT2D eigenvalue weighted by molar-refractivity contribution is 5.96. The van der Waals surface area contributed by atoms with Gasteiger partial charge in [0.05, 0.1) is 6.04 Å². The van der Waals surface area contributed by atoms with Crippen molar-refractivity contribution in [1.29, 1.82) is 0 Å². The first-order chi connectivity index (χ1) is 8.65. The van der Waals surface area contributed by atoms with E-state index in [2.05, 4.69) is 21.3 Å². The zero-order valence-electron chi connectivity index (χ0n) is 12.2. The molecule has 0 fully saturated rings. The van der Waals surface area contributed by atoms with E-state index in [9.17, 15) is 14.4 Å². The maximum absolute atomic E-state index is 11.5. The number of hydrogen-bond acceptors (Lipinski definition) is 4. The lowest BCUT2D eigenvalue weighted by Crippen LogP contribution is -2.48. The molecule has 7 heteroatoms. The molecule has 0 heterocycles. The SMILES string of the molecule is CNC(=O)NC(=O)C(C)NCCC(=O)NC(C)(C)C. The molecule has 1 unspecified atom stereocenters. The predicted octanol–water partition coefficient (Wildman–Crippen LogP) is -0.275. The van der Waals surface area contributed by atoms with Gasteiger partial charge in [-0.1, -0.05) is 0 Å². The van der Waals surface area contributed by atoms with Crippen molar-refractivity contribution in [2.45, 2.75) is 45.7 Å². The van der Waals surface area contributed by atoms with E-state index < -0.39 is 18.0 Å². The van der Waals surface area contributed by atoms with E-state index in [0.29, 0.717) is 6.54 Å². The topological polar surface area (TPSA) is 99.3 Å². The molecule has 0 aliphatic carbocycles. The summed E-state index contributed by atoms with van der Waals surface area (Å²) >= 11 is 0. The number of urea groups is 1. The quantitative estimate of drug-likeness (QED) is 0.553. The molecule has 0 aromatic rings. The molecule has 110 valence electrons. The van der Waals surface area contributed by atoms with Crippen LogP contribution in [0.1, 0.15) is 34.1 Å². The zero-order chi connectivity index (χ0) is 15.1. The minimum atomic E-state index is -0.552. The van der Waals surface area contributed by atoms with E-state index >= 15 is 0 Å². The summed E-state index contributed by atoms with van der Waals surface area (Å²) < 4.78 is 0. The average Bonchev–Trinajstić information content (AvgIpc) is 2.25. The lowest BCUT2D eigenvalue weighted by molar-refractivity contribution is -0.124. The van der Waals surface area contributed by atoms with Crippen LogP contribution >= 0.6 is 0 Å². The van der Waals surface area contributed by atoms with Gasteiger partial charge in [-0.05, 0) is 27.7 Å². The van der Waals surface area contributed by atoms with Crippen molar-refractivity contribution >= 4 is 17.8 Å². The van der Waals surface area contributed by atoms with Crippen LogP contribution in [0.2, 0.25) is 0 Å². The van der Waals surface area contributed by atoms with Crippen molar-refractivity contribution in [2.75, 3.05) is 13.6 Å². The van der Waals surface area contributed by atoms with Gasteiger partial charge in [-0.2, -0.15) is 0 Å². The Hall–Kier alpha value is -1.63. The van der Waals surface area contributed by atoms with E-state index in [1.54, 1.807) is 6.92 Å². The molecular formula is C12H24N4O3. The van der Waals surface area contributed by atoms with Crippen molar-refractivity contribution in [3.05, 3.63) is 0 Å². The van der Waals surface area contributed by atoms with Crippen LogP contribution in [0.4, 0.5) is 4.79 Å². The Morgan fingerprint density at radius 1 is 1.16 bits per heavy atom. The number of carbonyl (C=O) groups is 3. The fourth-order valence-corrected chi connectivity index (χ4v) is 1.26. The van der Waals surface area contributed by atoms with Gasteiger partial charge in [-0.25, -0.2) is 4.79 Å². The number of imide groups is 1. The smallest absolute Gasteiger partial charge is 0.321 e. The standard InChI is InChI=1S/C12H24N4O3/c1-8(10(18)15-11(19)13-5)14-7-6-9(17)16-12(2,3)4/h8,14H,6-7H2,1-5H3,(H,16,17)(H2,13,15,18,19). The van der Waals surface area contributed by atoms with Gasteiger partial charge in [-0.3, -0.25) is 14.9 Å². The molecule has 0 aromatic carbocycles. The van der Waals surface area contributed by atoms with Crippen LogP contribution < -0.4 is 21.3 Å². The second-order valence-corrected chi connectivity index (χ2v) is 5.29. The predicted molar refractivity (Wildman–Crippen MR) is 72.6 cm³/mol. The van der Waals surface area contributed by atoms with E-state index in [0.717, 1.165) is 0 Å². The van der Waals surface area contributed by atoms with Crippen molar-refractivity contribution in [3.63, 3.8) is 0 Å². The van der Waals surface area contributed by atoms with Crippen molar-refractivity contribution < 1.29 is 14.4 Å². The summed E-state index contributed by atoms with van der Waals surface area (Å²) in [6.07, 6.45) is 0.273.